The van der Waals surface area contributed by atoms with E-state index in [-0.39, 0.29) is 24.7 Å². The molecule has 32 heavy (non-hydrogen) atoms. The number of rotatable bonds is 11. The Morgan fingerprint density at radius 2 is 1.72 bits per heavy atom. The average molecular weight is 458 g/mol. The van der Waals surface area contributed by atoms with Crippen LogP contribution in [0.2, 0.25) is 0 Å². The second-order valence-corrected chi connectivity index (χ2v) is 8.26. The molecule has 3 rings (SSSR count). The second-order valence-electron chi connectivity index (χ2n) is 6.50. The SMILES string of the molecule is COc1ccc(OCCOC(=O)/C=C/c2ccc(S(=O)(=O)NCc3ccco3)cc2)cc1. The van der Waals surface area contributed by atoms with E-state index in [9.17, 15) is 13.2 Å². The van der Waals surface area contributed by atoms with Gasteiger partial charge in [0.2, 0.25) is 10.0 Å². The van der Waals surface area contributed by atoms with E-state index in [1.54, 1.807) is 61.7 Å². The van der Waals surface area contributed by atoms with Crippen molar-refractivity contribution in [1.82, 2.24) is 4.72 Å². The van der Waals surface area contributed by atoms with Crippen molar-refractivity contribution in [3.05, 3.63) is 84.3 Å². The lowest BCUT2D eigenvalue weighted by atomic mass is 10.2. The van der Waals surface area contributed by atoms with E-state index in [0.29, 0.717) is 17.1 Å². The average Bonchev–Trinajstić information content (AvgIpc) is 3.34. The Morgan fingerprint density at radius 1 is 1.00 bits per heavy atom. The molecular weight excluding hydrogens is 434 g/mol. The lowest BCUT2D eigenvalue weighted by Crippen LogP contribution is -2.22. The Morgan fingerprint density at radius 3 is 2.38 bits per heavy atom. The van der Waals surface area contributed by atoms with Crippen LogP contribution >= 0.6 is 0 Å². The standard InChI is InChI=1S/C23H23NO7S/c1-28-19-7-9-20(10-8-19)30-15-16-31-23(25)13-6-18-4-11-22(12-5-18)32(26,27)24-17-21-3-2-14-29-21/h2-14,24H,15-17H2,1H3/b13-6+. The highest BCUT2D eigenvalue weighted by Gasteiger charge is 2.14. The van der Waals surface area contributed by atoms with Gasteiger partial charge in [0, 0.05) is 6.08 Å². The minimum Gasteiger partial charge on any atom is -0.497 e. The minimum absolute atomic E-state index is 0.0605. The zero-order valence-corrected chi connectivity index (χ0v) is 18.2. The molecule has 0 saturated heterocycles. The zero-order valence-electron chi connectivity index (χ0n) is 17.4. The number of hydrogen-bond donors (Lipinski definition) is 1. The summed E-state index contributed by atoms with van der Waals surface area (Å²) in [6.07, 6.45) is 4.29. The molecule has 1 heterocycles. The van der Waals surface area contributed by atoms with Gasteiger partial charge < -0.3 is 18.6 Å². The zero-order chi connectivity index (χ0) is 22.8. The number of esters is 1. The molecule has 0 atom stereocenters. The van der Waals surface area contributed by atoms with E-state index in [0.717, 1.165) is 5.75 Å². The summed E-state index contributed by atoms with van der Waals surface area (Å²) in [5.74, 6) is 1.36. The van der Waals surface area contributed by atoms with Crippen LogP contribution in [-0.4, -0.2) is 34.7 Å². The number of sulfonamides is 1. The molecule has 3 aromatic rings. The van der Waals surface area contributed by atoms with Gasteiger partial charge in [0.05, 0.1) is 24.8 Å². The number of hydrogen-bond acceptors (Lipinski definition) is 7. The molecule has 0 aliphatic heterocycles. The summed E-state index contributed by atoms with van der Waals surface area (Å²) in [5.41, 5.74) is 0.654. The monoisotopic (exact) mass is 457 g/mol. The fourth-order valence-electron chi connectivity index (χ4n) is 2.61. The van der Waals surface area contributed by atoms with E-state index < -0.39 is 16.0 Å². The summed E-state index contributed by atoms with van der Waals surface area (Å²) in [6, 6.07) is 16.5. The molecule has 0 unspecified atom stereocenters. The number of carbonyl (C=O) groups is 1. The molecule has 0 spiro atoms. The Kier molecular flexibility index (Phi) is 8.07. The third-order valence-electron chi connectivity index (χ3n) is 4.27. The normalized spacial score (nSPS) is 11.4. The van der Waals surface area contributed by atoms with Crippen molar-refractivity contribution in [1.29, 1.82) is 0 Å². The molecule has 8 nitrogen and oxygen atoms in total. The van der Waals surface area contributed by atoms with Gasteiger partial charge in [-0.05, 0) is 60.2 Å². The van der Waals surface area contributed by atoms with Gasteiger partial charge in [-0.25, -0.2) is 17.9 Å². The summed E-state index contributed by atoms with van der Waals surface area (Å²) >= 11 is 0. The van der Waals surface area contributed by atoms with Crippen molar-refractivity contribution in [2.75, 3.05) is 20.3 Å². The van der Waals surface area contributed by atoms with E-state index in [2.05, 4.69) is 4.72 Å². The molecule has 0 aliphatic carbocycles. The summed E-state index contributed by atoms with van der Waals surface area (Å²) in [7, 11) is -2.09. The number of benzene rings is 2. The van der Waals surface area contributed by atoms with Crippen LogP contribution in [0.4, 0.5) is 0 Å². The van der Waals surface area contributed by atoms with Crippen molar-refractivity contribution < 1.29 is 31.8 Å². The van der Waals surface area contributed by atoms with Crippen molar-refractivity contribution >= 4 is 22.1 Å². The predicted octanol–water partition coefficient (Wildman–Crippen LogP) is 3.40. The smallest absolute Gasteiger partial charge is 0.330 e. The Hall–Kier alpha value is -3.56. The van der Waals surface area contributed by atoms with E-state index in [1.165, 1.54) is 24.5 Å². The third kappa shape index (κ3) is 7.00. The van der Waals surface area contributed by atoms with Crippen molar-refractivity contribution in [3.8, 4) is 11.5 Å². The summed E-state index contributed by atoms with van der Waals surface area (Å²) in [6.45, 7) is 0.363. The first-order chi connectivity index (χ1) is 15.5. The molecule has 2 aromatic carbocycles. The first-order valence-corrected chi connectivity index (χ1v) is 11.2. The quantitative estimate of drug-likeness (QED) is 0.267. The van der Waals surface area contributed by atoms with Gasteiger partial charge in [-0.1, -0.05) is 12.1 Å². The molecule has 1 aromatic heterocycles. The van der Waals surface area contributed by atoms with Crippen LogP contribution < -0.4 is 14.2 Å². The van der Waals surface area contributed by atoms with Gasteiger partial charge in [-0.15, -0.1) is 0 Å². The lowest BCUT2D eigenvalue weighted by Gasteiger charge is -2.07. The summed E-state index contributed by atoms with van der Waals surface area (Å²) in [5, 5.41) is 0. The van der Waals surface area contributed by atoms with Crippen LogP contribution in [0.15, 0.2) is 82.3 Å². The van der Waals surface area contributed by atoms with Gasteiger partial charge >= 0.3 is 5.97 Å². The summed E-state index contributed by atoms with van der Waals surface area (Å²) in [4.78, 5) is 11.9. The van der Waals surface area contributed by atoms with E-state index in [4.69, 9.17) is 18.6 Å². The molecule has 0 amide bonds. The van der Waals surface area contributed by atoms with Crippen LogP contribution in [0.25, 0.3) is 6.08 Å². The highest BCUT2D eigenvalue weighted by Crippen LogP contribution is 2.17. The molecule has 0 fully saturated rings. The van der Waals surface area contributed by atoms with Gasteiger partial charge in [-0.2, -0.15) is 0 Å². The highest BCUT2D eigenvalue weighted by atomic mass is 32.2. The number of methoxy groups -OCH3 is 1. The van der Waals surface area contributed by atoms with Gasteiger partial charge in [0.15, 0.2) is 0 Å². The summed E-state index contributed by atoms with van der Waals surface area (Å²) < 4.78 is 47.9. The number of ether oxygens (including phenoxy) is 3. The largest absolute Gasteiger partial charge is 0.497 e. The first kappa shape index (κ1) is 23.1. The fraction of sp³-hybridized carbons (Fsp3) is 0.174. The van der Waals surface area contributed by atoms with Crippen LogP contribution in [0, 0.1) is 0 Å². The molecule has 1 N–H and O–H groups in total. The minimum atomic E-state index is -3.67. The maximum atomic E-state index is 12.3. The molecule has 0 saturated carbocycles. The van der Waals surface area contributed by atoms with Crippen molar-refractivity contribution in [2.24, 2.45) is 0 Å². The molecule has 0 bridgehead atoms. The molecule has 0 aliphatic rings. The van der Waals surface area contributed by atoms with E-state index >= 15 is 0 Å². The molecule has 168 valence electrons. The van der Waals surface area contributed by atoms with Gasteiger partial charge in [0.1, 0.15) is 30.5 Å². The fourth-order valence-corrected chi connectivity index (χ4v) is 3.60. The van der Waals surface area contributed by atoms with Crippen LogP contribution in [-0.2, 0) is 26.1 Å². The van der Waals surface area contributed by atoms with Gasteiger partial charge in [-0.3, -0.25) is 0 Å². The van der Waals surface area contributed by atoms with Crippen LogP contribution in [0.3, 0.4) is 0 Å². The van der Waals surface area contributed by atoms with Crippen molar-refractivity contribution in [3.63, 3.8) is 0 Å². The number of nitrogens with one attached hydrogen (secondary N) is 1. The highest BCUT2D eigenvalue weighted by molar-refractivity contribution is 7.89. The topological polar surface area (TPSA) is 104 Å². The lowest BCUT2D eigenvalue weighted by molar-refractivity contribution is -0.138. The van der Waals surface area contributed by atoms with Crippen LogP contribution in [0.1, 0.15) is 11.3 Å². The predicted molar refractivity (Wildman–Crippen MR) is 118 cm³/mol. The van der Waals surface area contributed by atoms with Crippen molar-refractivity contribution in [2.45, 2.75) is 11.4 Å². The molecule has 9 heteroatoms. The second kappa shape index (κ2) is 11.2. The Balaban J connectivity index is 1.42. The number of carbonyl (C=O) groups excluding carboxylic acids is 1. The maximum Gasteiger partial charge on any atom is 0.330 e. The third-order valence-corrected chi connectivity index (χ3v) is 5.69. The maximum absolute atomic E-state index is 12.3. The van der Waals surface area contributed by atoms with Crippen LogP contribution in [0.5, 0.6) is 11.5 Å². The Labute approximate surface area is 186 Å². The van der Waals surface area contributed by atoms with Gasteiger partial charge in [0.25, 0.3) is 0 Å². The molecule has 0 radical (unpaired) electrons. The Bertz CT molecular complexity index is 1120. The van der Waals surface area contributed by atoms with E-state index in [1.807, 2.05) is 0 Å². The number of furan rings is 1. The first-order valence-electron chi connectivity index (χ1n) is 9.70. The molecular formula is C23H23NO7S.